The second kappa shape index (κ2) is 3.06. The number of rotatable bonds is 1. The molecule has 0 spiro atoms. The van der Waals surface area contributed by atoms with Gasteiger partial charge in [-0.25, -0.2) is 0 Å². The Morgan fingerprint density at radius 3 is 2.70 bits per heavy atom. The van der Waals surface area contributed by atoms with E-state index in [0.29, 0.717) is 6.04 Å². The summed E-state index contributed by atoms with van der Waals surface area (Å²) in [6.07, 6.45) is 5.16. The zero-order chi connectivity index (χ0) is 7.40. The first-order chi connectivity index (χ1) is 4.83. The minimum Gasteiger partial charge on any atom is -0.353 e. The van der Waals surface area contributed by atoms with Gasteiger partial charge < -0.3 is 5.32 Å². The van der Waals surface area contributed by atoms with Crippen LogP contribution >= 0.6 is 0 Å². The van der Waals surface area contributed by atoms with Crippen molar-refractivity contribution in [1.29, 1.82) is 10.7 Å². The van der Waals surface area contributed by atoms with Crippen LogP contribution in [0.5, 0.6) is 0 Å². The van der Waals surface area contributed by atoms with Crippen molar-refractivity contribution in [2.24, 2.45) is 0 Å². The predicted molar refractivity (Wildman–Crippen MR) is 37.3 cm³/mol. The lowest BCUT2D eigenvalue weighted by atomic mass is 9.93. The van der Waals surface area contributed by atoms with Gasteiger partial charge in [-0.3, -0.25) is 10.7 Å². The normalized spacial score (nSPS) is 16.7. The summed E-state index contributed by atoms with van der Waals surface area (Å²) in [5, 5.41) is 20.3. The van der Waals surface area contributed by atoms with Crippen molar-refractivity contribution in [3.8, 4) is 6.19 Å². The minimum absolute atomic E-state index is 0.118. The lowest BCUT2D eigenvalue weighted by Crippen LogP contribution is -2.44. The molecule has 0 saturated heterocycles. The first kappa shape index (κ1) is 6.87. The van der Waals surface area contributed by atoms with Gasteiger partial charge in [0, 0.05) is 6.04 Å². The largest absolute Gasteiger partial charge is 0.353 e. The maximum Gasteiger partial charge on any atom is 0.202 e. The summed E-state index contributed by atoms with van der Waals surface area (Å²) < 4.78 is 0. The summed E-state index contributed by atoms with van der Waals surface area (Å²) in [7, 11) is 0. The Bertz CT molecular complexity index is 165. The van der Waals surface area contributed by atoms with Gasteiger partial charge in [0.2, 0.25) is 5.96 Å². The summed E-state index contributed by atoms with van der Waals surface area (Å²) in [6, 6.07) is 0.424. The van der Waals surface area contributed by atoms with Crippen LogP contribution in [0.25, 0.3) is 0 Å². The number of hydrogen-bond acceptors (Lipinski definition) is 2. The molecule has 0 heterocycles. The Balaban J connectivity index is 2.12. The Morgan fingerprint density at radius 1 is 1.60 bits per heavy atom. The number of hydrogen-bond donors (Lipinski definition) is 3. The van der Waals surface area contributed by atoms with Gasteiger partial charge in [-0.05, 0) is 19.3 Å². The van der Waals surface area contributed by atoms with Gasteiger partial charge in [-0.2, -0.15) is 5.26 Å². The fourth-order valence-electron chi connectivity index (χ4n) is 0.849. The lowest BCUT2D eigenvalue weighted by Gasteiger charge is -2.26. The minimum atomic E-state index is 0.118. The molecule has 0 aromatic carbocycles. The molecule has 4 nitrogen and oxygen atoms in total. The van der Waals surface area contributed by atoms with E-state index in [1.54, 1.807) is 6.19 Å². The molecule has 0 bridgehead atoms. The van der Waals surface area contributed by atoms with Crippen molar-refractivity contribution in [2.75, 3.05) is 0 Å². The average Bonchev–Trinajstić information content (AvgIpc) is 1.80. The van der Waals surface area contributed by atoms with E-state index in [9.17, 15) is 0 Å². The molecule has 0 amide bonds. The third kappa shape index (κ3) is 1.62. The van der Waals surface area contributed by atoms with Gasteiger partial charge in [-0.15, -0.1) is 0 Å². The Kier molecular flexibility index (Phi) is 2.11. The lowest BCUT2D eigenvalue weighted by molar-refractivity contribution is 0.380. The Labute approximate surface area is 59.7 Å². The van der Waals surface area contributed by atoms with Crippen LogP contribution in [-0.2, 0) is 0 Å². The highest BCUT2D eigenvalue weighted by atomic mass is 15.1. The van der Waals surface area contributed by atoms with E-state index in [-0.39, 0.29) is 5.96 Å². The molecule has 3 N–H and O–H groups in total. The van der Waals surface area contributed by atoms with E-state index in [1.807, 2.05) is 0 Å². The second-order valence-corrected chi connectivity index (χ2v) is 2.38. The number of nitrogens with one attached hydrogen (secondary N) is 3. The van der Waals surface area contributed by atoms with Gasteiger partial charge in [-0.1, -0.05) is 0 Å². The molecular weight excluding hydrogens is 128 g/mol. The molecule has 0 radical (unpaired) electrons. The van der Waals surface area contributed by atoms with Crippen molar-refractivity contribution in [3.05, 3.63) is 0 Å². The number of nitrogens with zero attached hydrogens (tertiary/aromatic N) is 1. The summed E-state index contributed by atoms with van der Waals surface area (Å²) in [5.74, 6) is 0.118. The van der Waals surface area contributed by atoms with Crippen molar-refractivity contribution in [2.45, 2.75) is 25.3 Å². The third-order valence-corrected chi connectivity index (χ3v) is 1.63. The van der Waals surface area contributed by atoms with E-state index in [0.717, 1.165) is 12.8 Å². The Hall–Kier alpha value is -1.24. The monoisotopic (exact) mass is 138 g/mol. The molecule has 10 heavy (non-hydrogen) atoms. The molecule has 54 valence electrons. The fourth-order valence-corrected chi connectivity index (χ4v) is 0.849. The van der Waals surface area contributed by atoms with E-state index >= 15 is 0 Å². The molecular formula is C6H10N4. The number of guanidine groups is 1. The molecule has 1 aliphatic rings. The third-order valence-electron chi connectivity index (χ3n) is 1.63. The van der Waals surface area contributed by atoms with E-state index < -0.39 is 0 Å². The van der Waals surface area contributed by atoms with Gasteiger partial charge in [0.25, 0.3) is 0 Å². The summed E-state index contributed by atoms with van der Waals surface area (Å²) >= 11 is 0. The zero-order valence-electron chi connectivity index (χ0n) is 5.65. The van der Waals surface area contributed by atoms with Crippen molar-refractivity contribution < 1.29 is 0 Å². The van der Waals surface area contributed by atoms with Gasteiger partial charge >= 0.3 is 0 Å². The van der Waals surface area contributed by atoms with E-state index in [1.165, 1.54) is 6.42 Å². The van der Waals surface area contributed by atoms with Crippen LogP contribution < -0.4 is 10.6 Å². The quantitative estimate of drug-likeness (QED) is 0.209. The average molecular weight is 138 g/mol. The molecule has 0 aromatic heterocycles. The van der Waals surface area contributed by atoms with Gasteiger partial charge in [0.05, 0.1) is 0 Å². The molecule has 4 heteroatoms. The summed E-state index contributed by atoms with van der Waals surface area (Å²) in [5.41, 5.74) is 0. The second-order valence-electron chi connectivity index (χ2n) is 2.38. The SMILES string of the molecule is N#CNC(=N)NC1CCC1. The van der Waals surface area contributed by atoms with Crippen molar-refractivity contribution >= 4 is 5.96 Å². The van der Waals surface area contributed by atoms with Crippen LogP contribution in [0.3, 0.4) is 0 Å². The first-order valence-electron chi connectivity index (χ1n) is 3.33. The summed E-state index contributed by atoms with van der Waals surface area (Å²) in [4.78, 5) is 0. The van der Waals surface area contributed by atoms with Gasteiger partial charge in [0.15, 0.2) is 6.19 Å². The molecule has 0 aromatic rings. The molecule has 1 aliphatic carbocycles. The number of nitriles is 1. The van der Waals surface area contributed by atoms with Crippen LogP contribution in [0.15, 0.2) is 0 Å². The maximum absolute atomic E-state index is 8.10. The van der Waals surface area contributed by atoms with Crippen LogP contribution in [0.4, 0.5) is 0 Å². The van der Waals surface area contributed by atoms with Crippen LogP contribution in [-0.4, -0.2) is 12.0 Å². The van der Waals surface area contributed by atoms with Crippen molar-refractivity contribution in [1.82, 2.24) is 10.6 Å². The standard InChI is InChI=1S/C6H10N4/c7-4-9-6(8)10-5-2-1-3-5/h5H,1-3H2,(H3,8,9,10). The predicted octanol–water partition coefficient (Wildman–Crippen LogP) is 0.134. The highest BCUT2D eigenvalue weighted by Gasteiger charge is 2.17. The zero-order valence-corrected chi connectivity index (χ0v) is 5.65. The van der Waals surface area contributed by atoms with Crippen molar-refractivity contribution in [3.63, 3.8) is 0 Å². The maximum atomic E-state index is 8.10. The molecule has 1 fully saturated rings. The highest BCUT2D eigenvalue weighted by Crippen LogP contribution is 2.17. The highest BCUT2D eigenvalue weighted by molar-refractivity contribution is 5.78. The molecule has 1 rings (SSSR count). The molecule has 0 atom stereocenters. The van der Waals surface area contributed by atoms with E-state index in [4.69, 9.17) is 10.7 Å². The van der Waals surface area contributed by atoms with E-state index in [2.05, 4.69) is 10.6 Å². The summed E-state index contributed by atoms with van der Waals surface area (Å²) in [6.45, 7) is 0. The van der Waals surface area contributed by atoms with Crippen LogP contribution in [0, 0.1) is 16.9 Å². The van der Waals surface area contributed by atoms with Crippen LogP contribution in [0.2, 0.25) is 0 Å². The van der Waals surface area contributed by atoms with Crippen LogP contribution in [0.1, 0.15) is 19.3 Å². The van der Waals surface area contributed by atoms with Gasteiger partial charge in [0.1, 0.15) is 0 Å². The topological polar surface area (TPSA) is 71.7 Å². The smallest absolute Gasteiger partial charge is 0.202 e. The molecule has 0 aliphatic heterocycles. The first-order valence-corrected chi connectivity index (χ1v) is 3.33. The molecule has 0 unspecified atom stereocenters. The fraction of sp³-hybridized carbons (Fsp3) is 0.667. The molecule has 1 saturated carbocycles. The Morgan fingerprint density at radius 2 is 2.30 bits per heavy atom.